The normalized spacial score (nSPS) is 10.4. The number of amides is 1. The van der Waals surface area contributed by atoms with Gasteiger partial charge in [-0.05, 0) is 35.7 Å². The molecular weight excluding hydrogens is 276 g/mol. The van der Waals surface area contributed by atoms with E-state index in [9.17, 15) is 4.79 Å². The molecule has 22 heavy (non-hydrogen) atoms. The van der Waals surface area contributed by atoms with Gasteiger partial charge in [0.05, 0.1) is 19.3 Å². The molecule has 4 nitrogen and oxygen atoms in total. The van der Waals surface area contributed by atoms with Gasteiger partial charge in [0.1, 0.15) is 5.75 Å². The lowest BCUT2D eigenvalue weighted by molar-refractivity contribution is -0.114. The van der Waals surface area contributed by atoms with E-state index in [0.29, 0.717) is 5.92 Å². The molecule has 0 aliphatic heterocycles. The molecule has 0 aliphatic carbocycles. The van der Waals surface area contributed by atoms with E-state index >= 15 is 0 Å². The van der Waals surface area contributed by atoms with Crippen molar-refractivity contribution in [2.75, 3.05) is 24.3 Å². The maximum Gasteiger partial charge on any atom is 0.243 e. The van der Waals surface area contributed by atoms with Crippen LogP contribution in [0.25, 0.3) is 0 Å². The van der Waals surface area contributed by atoms with Gasteiger partial charge in [-0.2, -0.15) is 0 Å². The molecule has 0 fully saturated rings. The van der Waals surface area contributed by atoms with Crippen LogP contribution >= 0.6 is 0 Å². The molecule has 2 aromatic rings. The van der Waals surface area contributed by atoms with Gasteiger partial charge in [0.25, 0.3) is 0 Å². The van der Waals surface area contributed by atoms with Gasteiger partial charge in [-0.3, -0.25) is 4.79 Å². The molecule has 0 aliphatic rings. The van der Waals surface area contributed by atoms with E-state index in [1.807, 2.05) is 42.5 Å². The molecule has 4 heteroatoms. The molecule has 0 heterocycles. The van der Waals surface area contributed by atoms with Crippen LogP contribution in [0.1, 0.15) is 25.3 Å². The van der Waals surface area contributed by atoms with Crippen molar-refractivity contribution < 1.29 is 9.53 Å². The number of hydrogen-bond donors (Lipinski definition) is 2. The second-order valence-electron chi connectivity index (χ2n) is 5.38. The van der Waals surface area contributed by atoms with Crippen LogP contribution in [0.3, 0.4) is 0 Å². The Morgan fingerprint density at radius 2 is 1.91 bits per heavy atom. The molecule has 0 bridgehead atoms. The van der Waals surface area contributed by atoms with Gasteiger partial charge in [0.2, 0.25) is 5.91 Å². The quantitative estimate of drug-likeness (QED) is 0.851. The van der Waals surface area contributed by atoms with Gasteiger partial charge in [-0.25, -0.2) is 0 Å². The van der Waals surface area contributed by atoms with Crippen molar-refractivity contribution in [3.05, 3.63) is 54.1 Å². The van der Waals surface area contributed by atoms with Gasteiger partial charge >= 0.3 is 0 Å². The number of hydrogen-bond acceptors (Lipinski definition) is 3. The number of anilines is 2. The van der Waals surface area contributed by atoms with E-state index in [1.165, 1.54) is 5.56 Å². The van der Waals surface area contributed by atoms with Crippen LogP contribution in [0.15, 0.2) is 48.5 Å². The summed E-state index contributed by atoms with van der Waals surface area (Å²) in [5.41, 5.74) is 2.82. The van der Waals surface area contributed by atoms with Gasteiger partial charge in [-0.15, -0.1) is 0 Å². The highest BCUT2D eigenvalue weighted by atomic mass is 16.5. The number of para-hydroxylation sites is 2. The summed E-state index contributed by atoms with van der Waals surface area (Å²) in [6.07, 6.45) is 0. The summed E-state index contributed by atoms with van der Waals surface area (Å²) in [5.74, 6) is 1.06. The highest BCUT2D eigenvalue weighted by Crippen LogP contribution is 2.23. The van der Waals surface area contributed by atoms with E-state index in [0.717, 1.165) is 17.1 Å². The zero-order chi connectivity index (χ0) is 15.9. The first kappa shape index (κ1) is 15.9. The fraction of sp³-hybridized carbons (Fsp3) is 0.278. The summed E-state index contributed by atoms with van der Waals surface area (Å²) in [6, 6.07) is 15.4. The van der Waals surface area contributed by atoms with Crippen molar-refractivity contribution in [2.45, 2.75) is 19.8 Å². The predicted octanol–water partition coefficient (Wildman–Crippen LogP) is 3.87. The average molecular weight is 298 g/mol. The van der Waals surface area contributed by atoms with E-state index in [-0.39, 0.29) is 12.5 Å². The monoisotopic (exact) mass is 298 g/mol. The molecule has 2 aromatic carbocycles. The van der Waals surface area contributed by atoms with E-state index < -0.39 is 0 Å². The molecule has 0 atom stereocenters. The van der Waals surface area contributed by atoms with Gasteiger partial charge < -0.3 is 15.4 Å². The lowest BCUT2D eigenvalue weighted by Crippen LogP contribution is -2.22. The van der Waals surface area contributed by atoms with Crippen LogP contribution in [0.4, 0.5) is 11.4 Å². The topological polar surface area (TPSA) is 50.4 Å². The Balaban J connectivity index is 1.94. The Bertz CT molecular complexity index is 638. The predicted molar refractivity (Wildman–Crippen MR) is 90.6 cm³/mol. The standard InChI is InChI=1S/C18H22N2O2/c1-13(2)14-7-6-8-15(11-14)20-18(21)12-19-16-9-4-5-10-17(16)22-3/h4-11,13,19H,12H2,1-3H3,(H,20,21). The van der Waals surface area contributed by atoms with Crippen molar-refractivity contribution in [2.24, 2.45) is 0 Å². The number of carbonyl (C=O) groups excluding carboxylic acids is 1. The number of benzene rings is 2. The first-order valence-electron chi connectivity index (χ1n) is 7.37. The third kappa shape index (κ3) is 4.25. The SMILES string of the molecule is COc1ccccc1NCC(=O)Nc1cccc(C(C)C)c1. The van der Waals surface area contributed by atoms with Crippen LogP contribution in [0.5, 0.6) is 5.75 Å². The number of nitrogens with one attached hydrogen (secondary N) is 2. The Morgan fingerprint density at radius 3 is 2.64 bits per heavy atom. The number of carbonyl (C=O) groups is 1. The largest absolute Gasteiger partial charge is 0.495 e. The Labute approximate surface area is 131 Å². The van der Waals surface area contributed by atoms with Crippen molar-refractivity contribution in [3.63, 3.8) is 0 Å². The van der Waals surface area contributed by atoms with Crippen molar-refractivity contribution in [1.29, 1.82) is 0 Å². The maximum absolute atomic E-state index is 12.1. The minimum atomic E-state index is -0.0909. The lowest BCUT2D eigenvalue weighted by atomic mass is 10.0. The van der Waals surface area contributed by atoms with Crippen molar-refractivity contribution in [3.8, 4) is 5.75 Å². The van der Waals surface area contributed by atoms with E-state index in [2.05, 4.69) is 30.5 Å². The minimum Gasteiger partial charge on any atom is -0.495 e. The molecule has 2 rings (SSSR count). The molecule has 0 radical (unpaired) electrons. The molecule has 1 amide bonds. The molecule has 0 saturated carbocycles. The lowest BCUT2D eigenvalue weighted by Gasteiger charge is -2.12. The average Bonchev–Trinajstić information content (AvgIpc) is 2.53. The molecule has 2 N–H and O–H groups in total. The third-order valence-electron chi connectivity index (χ3n) is 3.38. The summed E-state index contributed by atoms with van der Waals surface area (Å²) >= 11 is 0. The van der Waals surface area contributed by atoms with Crippen LogP contribution in [-0.2, 0) is 4.79 Å². The van der Waals surface area contributed by atoms with E-state index in [1.54, 1.807) is 7.11 Å². The van der Waals surface area contributed by atoms with Gasteiger partial charge in [0, 0.05) is 5.69 Å². The van der Waals surface area contributed by atoms with Crippen LogP contribution < -0.4 is 15.4 Å². The molecule has 0 unspecified atom stereocenters. The van der Waals surface area contributed by atoms with Crippen LogP contribution in [0, 0.1) is 0 Å². The second-order valence-corrected chi connectivity index (χ2v) is 5.38. The fourth-order valence-corrected chi connectivity index (χ4v) is 2.15. The van der Waals surface area contributed by atoms with Gasteiger partial charge in [0.15, 0.2) is 0 Å². The zero-order valence-electron chi connectivity index (χ0n) is 13.2. The molecular formula is C18H22N2O2. The minimum absolute atomic E-state index is 0.0909. The van der Waals surface area contributed by atoms with Crippen molar-refractivity contribution >= 4 is 17.3 Å². The summed E-state index contributed by atoms with van der Waals surface area (Å²) in [5, 5.41) is 5.99. The van der Waals surface area contributed by atoms with Crippen LogP contribution in [0.2, 0.25) is 0 Å². The van der Waals surface area contributed by atoms with E-state index in [4.69, 9.17) is 4.74 Å². The maximum atomic E-state index is 12.1. The fourth-order valence-electron chi connectivity index (χ4n) is 2.15. The first-order valence-corrected chi connectivity index (χ1v) is 7.37. The van der Waals surface area contributed by atoms with Crippen molar-refractivity contribution in [1.82, 2.24) is 0 Å². The van der Waals surface area contributed by atoms with Crippen LogP contribution in [-0.4, -0.2) is 19.6 Å². The summed E-state index contributed by atoms with van der Waals surface area (Å²) in [4.78, 5) is 12.1. The highest BCUT2D eigenvalue weighted by Gasteiger charge is 2.06. The highest BCUT2D eigenvalue weighted by molar-refractivity contribution is 5.94. The third-order valence-corrected chi connectivity index (χ3v) is 3.38. The number of methoxy groups -OCH3 is 1. The Hall–Kier alpha value is -2.49. The summed E-state index contributed by atoms with van der Waals surface area (Å²) in [7, 11) is 1.61. The number of ether oxygens (including phenoxy) is 1. The summed E-state index contributed by atoms with van der Waals surface area (Å²) in [6.45, 7) is 4.45. The first-order chi connectivity index (χ1) is 10.6. The molecule has 116 valence electrons. The summed E-state index contributed by atoms with van der Waals surface area (Å²) < 4.78 is 5.24. The second kappa shape index (κ2) is 7.50. The Kier molecular flexibility index (Phi) is 5.42. The van der Waals surface area contributed by atoms with Gasteiger partial charge in [-0.1, -0.05) is 38.1 Å². The molecule has 0 aromatic heterocycles. The molecule has 0 saturated heterocycles. The molecule has 0 spiro atoms. The smallest absolute Gasteiger partial charge is 0.243 e. The Morgan fingerprint density at radius 1 is 1.14 bits per heavy atom. The number of rotatable bonds is 6. The zero-order valence-corrected chi connectivity index (χ0v) is 13.2.